The van der Waals surface area contributed by atoms with Crippen molar-refractivity contribution in [3.63, 3.8) is 0 Å². The summed E-state index contributed by atoms with van der Waals surface area (Å²) < 4.78 is 5.23. The van der Waals surface area contributed by atoms with Gasteiger partial charge in [0.15, 0.2) is 5.82 Å². The largest absolute Gasteiger partial charge is 0.381 e. The van der Waals surface area contributed by atoms with E-state index in [1.807, 2.05) is 0 Å². The van der Waals surface area contributed by atoms with Crippen molar-refractivity contribution in [3.8, 4) is 0 Å². The standard InChI is InChI=1S/C10H18N2O/c1-5-7(4)9-8(6(2)3)10(11)12-13-9/h6-7H,5H2,1-4H3,(H2,11,12). The van der Waals surface area contributed by atoms with E-state index in [4.69, 9.17) is 10.3 Å². The fraction of sp³-hybridized carbons (Fsp3) is 0.700. The molecule has 0 saturated carbocycles. The van der Waals surface area contributed by atoms with Crippen LogP contribution >= 0.6 is 0 Å². The quantitative estimate of drug-likeness (QED) is 0.782. The molecule has 0 saturated heterocycles. The fourth-order valence-electron chi connectivity index (χ4n) is 1.44. The van der Waals surface area contributed by atoms with E-state index in [1.54, 1.807) is 0 Å². The van der Waals surface area contributed by atoms with Crippen LogP contribution in [-0.4, -0.2) is 5.16 Å². The van der Waals surface area contributed by atoms with Gasteiger partial charge in [0.25, 0.3) is 0 Å². The minimum absolute atomic E-state index is 0.384. The van der Waals surface area contributed by atoms with Gasteiger partial charge in [0.2, 0.25) is 0 Å². The molecule has 1 aromatic rings. The molecule has 0 spiro atoms. The Hall–Kier alpha value is -0.990. The molecule has 1 heterocycles. The van der Waals surface area contributed by atoms with Crippen molar-refractivity contribution in [3.05, 3.63) is 11.3 Å². The lowest BCUT2D eigenvalue weighted by atomic mass is 9.95. The third-order valence-electron chi connectivity index (χ3n) is 2.42. The normalized spacial score (nSPS) is 13.6. The molecule has 0 radical (unpaired) electrons. The van der Waals surface area contributed by atoms with Crippen LogP contribution in [-0.2, 0) is 0 Å². The number of rotatable bonds is 3. The summed E-state index contributed by atoms with van der Waals surface area (Å²) in [5, 5.41) is 3.81. The van der Waals surface area contributed by atoms with Crippen molar-refractivity contribution in [2.45, 2.75) is 46.0 Å². The van der Waals surface area contributed by atoms with Gasteiger partial charge in [-0.1, -0.05) is 32.9 Å². The van der Waals surface area contributed by atoms with Crippen molar-refractivity contribution < 1.29 is 4.52 Å². The molecule has 0 amide bonds. The van der Waals surface area contributed by atoms with Gasteiger partial charge in [0.05, 0.1) is 0 Å². The van der Waals surface area contributed by atoms with Crippen LogP contribution in [0.2, 0.25) is 0 Å². The van der Waals surface area contributed by atoms with E-state index in [2.05, 4.69) is 32.9 Å². The summed E-state index contributed by atoms with van der Waals surface area (Å²) in [6, 6.07) is 0. The highest BCUT2D eigenvalue weighted by molar-refractivity contribution is 5.43. The lowest BCUT2D eigenvalue weighted by Crippen LogP contribution is -1.99. The highest BCUT2D eigenvalue weighted by atomic mass is 16.5. The Morgan fingerprint density at radius 2 is 2.00 bits per heavy atom. The van der Waals surface area contributed by atoms with Crippen LogP contribution in [0.25, 0.3) is 0 Å². The smallest absolute Gasteiger partial charge is 0.170 e. The predicted molar refractivity (Wildman–Crippen MR) is 53.7 cm³/mol. The van der Waals surface area contributed by atoms with Gasteiger partial charge in [-0.3, -0.25) is 0 Å². The topological polar surface area (TPSA) is 52.0 Å². The van der Waals surface area contributed by atoms with E-state index < -0.39 is 0 Å². The van der Waals surface area contributed by atoms with Crippen molar-refractivity contribution in [2.24, 2.45) is 0 Å². The van der Waals surface area contributed by atoms with Crippen LogP contribution in [0.5, 0.6) is 0 Å². The number of hydrogen-bond acceptors (Lipinski definition) is 3. The summed E-state index contributed by atoms with van der Waals surface area (Å²) in [6.45, 7) is 8.48. The molecule has 2 N–H and O–H groups in total. The van der Waals surface area contributed by atoms with Gasteiger partial charge in [0.1, 0.15) is 5.76 Å². The van der Waals surface area contributed by atoms with Crippen LogP contribution < -0.4 is 5.73 Å². The van der Waals surface area contributed by atoms with E-state index in [9.17, 15) is 0 Å². The van der Waals surface area contributed by atoms with Gasteiger partial charge in [-0.25, -0.2) is 0 Å². The van der Waals surface area contributed by atoms with Crippen molar-refractivity contribution in [2.75, 3.05) is 5.73 Å². The van der Waals surface area contributed by atoms with Crippen LogP contribution in [0.4, 0.5) is 5.82 Å². The molecule has 0 aliphatic rings. The first-order valence-corrected chi connectivity index (χ1v) is 4.82. The summed E-state index contributed by atoms with van der Waals surface area (Å²) in [6.07, 6.45) is 1.05. The molecule has 1 aromatic heterocycles. The van der Waals surface area contributed by atoms with Gasteiger partial charge < -0.3 is 10.3 Å². The maximum Gasteiger partial charge on any atom is 0.170 e. The first-order valence-electron chi connectivity index (χ1n) is 4.82. The number of anilines is 1. The molecule has 1 atom stereocenters. The predicted octanol–water partition coefficient (Wildman–Crippen LogP) is 2.89. The van der Waals surface area contributed by atoms with Crippen LogP contribution in [0.15, 0.2) is 4.52 Å². The summed E-state index contributed by atoms with van der Waals surface area (Å²) in [4.78, 5) is 0. The maximum atomic E-state index is 5.73. The van der Waals surface area contributed by atoms with Gasteiger partial charge in [-0.2, -0.15) is 0 Å². The third-order valence-corrected chi connectivity index (χ3v) is 2.42. The number of hydrogen-bond donors (Lipinski definition) is 1. The second-order valence-corrected chi connectivity index (χ2v) is 3.81. The molecular formula is C10H18N2O. The monoisotopic (exact) mass is 182 g/mol. The van der Waals surface area contributed by atoms with Crippen LogP contribution in [0.3, 0.4) is 0 Å². The lowest BCUT2D eigenvalue weighted by Gasteiger charge is -2.09. The van der Waals surface area contributed by atoms with Gasteiger partial charge >= 0.3 is 0 Å². The average Bonchev–Trinajstić information content (AvgIpc) is 2.45. The summed E-state index contributed by atoms with van der Waals surface area (Å²) >= 11 is 0. The summed E-state index contributed by atoms with van der Waals surface area (Å²) in [5.41, 5.74) is 6.81. The Bertz CT molecular complexity index is 278. The molecule has 13 heavy (non-hydrogen) atoms. The number of nitrogens with two attached hydrogens (primary N) is 1. The second kappa shape index (κ2) is 3.81. The van der Waals surface area contributed by atoms with Crippen molar-refractivity contribution in [1.29, 1.82) is 0 Å². The van der Waals surface area contributed by atoms with E-state index >= 15 is 0 Å². The highest BCUT2D eigenvalue weighted by Gasteiger charge is 2.20. The average molecular weight is 182 g/mol. The molecule has 0 aromatic carbocycles. The summed E-state index contributed by atoms with van der Waals surface area (Å²) in [7, 11) is 0. The van der Waals surface area contributed by atoms with Crippen molar-refractivity contribution >= 4 is 5.82 Å². The number of nitrogens with zero attached hydrogens (tertiary/aromatic N) is 1. The van der Waals surface area contributed by atoms with Crippen LogP contribution in [0, 0.1) is 0 Å². The highest BCUT2D eigenvalue weighted by Crippen LogP contribution is 2.31. The van der Waals surface area contributed by atoms with Crippen LogP contribution in [0.1, 0.15) is 57.3 Å². The van der Waals surface area contributed by atoms with Gasteiger partial charge in [-0.15, -0.1) is 0 Å². The van der Waals surface area contributed by atoms with Gasteiger partial charge in [0, 0.05) is 11.5 Å². The van der Waals surface area contributed by atoms with E-state index in [0.717, 1.165) is 17.7 Å². The Morgan fingerprint density at radius 3 is 2.46 bits per heavy atom. The first kappa shape index (κ1) is 10.1. The molecule has 1 unspecified atom stereocenters. The Labute approximate surface area is 79.3 Å². The molecular weight excluding hydrogens is 164 g/mol. The number of aromatic nitrogens is 1. The molecule has 0 aliphatic carbocycles. The SMILES string of the molecule is CCC(C)c1onc(N)c1C(C)C. The zero-order valence-corrected chi connectivity index (χ0v) is 8.79. The van der Waals surface area contributed by atoms with E-state index in [-0.39, 0.29) is 0 Å². The van der Waals surface area contributed by atoms with Crippen molar-refractivity contribution in [1.82, 2.24) is 5.16 Å². The third kappa shape index (κ3) is 1.85. The Morgan fingerprint density at radius 1 is 1.38 bits per heavy atom. The molecule has 0 fully saturated rings. The number of nitrogen functional groups attached to an aromatic ring is 1. The maximum absolute atomic E-state index is 5.73. The minimum Gasteiger partial charge on any atom is -0.381 e. The zero-order valence-electron chi connectivity index (χ0n) is 8.79. The van der Waals surface area contributed by atoms with E-state index in [0.29, 0.717) is 17.7 Å². The second-order valence-electron chi connectivity index (χ2n) is 3.81. The fourth-order valence-corrected chi connectivity index (χ4v) is 1.44. The van der Waals surface area contributed by atoms with E-state index in [1.165, 1.54) is 0 Å². The molecule has 0 bridgehead atoms. The molecule has 3 heteroatoms. The minimum atomic E-state index is 0.384. The summed E-state index contributed by atoms with van der Waals surface area (Å²) in [5.74, 6) is 2.29. The Balaban J connectivity index is 3.07. The molecule has 1 rings (SSSR count). The molecule has 74 valence electrons. The molecule has 0 aliphatic heterocycles. The first-order chi connectivity index (χ1) is 6.07. The Kier molecular flexibility index (Phi) is 2.96. The lowest BCUT2D eigenvalue weighted by molar-refractivity contribution is 0.362. The van der Waals surface area contributed by atoms with Gasteiger partial charge in [-0.05, 0) is 12.3 Å². The zero-order chi connectivity index (χ0) is 10.0. The molecule has 3 nitrogen and oxygen atoms in total.